The van der Waals surface area contributed by atoms with Crippen molar-refractivity contribution < 1.29 is 18.8 Å². The summed E-state index contributed by atoms with van der Waals surface area (Å²) >= 11 is 0. The van der Waals surface area contributed by atoms with Crippen molar-refractivity contribution in [1.29, 1.82) is 0 Å². The molecule has 0 saturated carbocycles. The van der Waals surface area contributed by atoms with Crippen LogP contribution in [0.25, 0.3) is 0 Å². The van der Waals surface area contributed by atoms with Gasteiger partial charge < -0.3 is 9.26 Å². The van der Waals surface area contributed by atoms with Gasteiger partial charge in [0.15, 0.2) is 0 Å². The van der Waals surface area contributed by atoms with E-state index in [0.717, 1.165) is 11.1 Å². The molecule has 1 aliphatic heterocycles. The molecule has 1 aromatic rings. The number of ether oxygens (including phenoxy) is 1. The van der Waals surface area contributed by atoms with Gasteiger partial charge in [-0.2, -0.15) is 0 Å². The predicted octanol–water partition coefficient (Wildman–Crippen LogP) is 3.11. The standard InChI is InChI=1S/C17H22NO4P/c1-13(11-22-23)6-5-9-16(19)18-15(12-21-17(18)20)10-14-7-3-2-4-8-14/h2-4,6-8,15H,5,9-12,23H2,1H3/b13-6+. The summed E-state index contributed by atoms with van der Waals surface area (Å²) < 4.78 is 10.0. The molecule has 0 bridgehead atoms. The number of hydrogen-bond acceptors (Lipinski definition) is 4. The fourth-order valence-corrected chi connectivity index (χ4v) is 2.82. The molecule has 1 heterocycles. The average molecular weight is 335 g/mol. The third-order valence-corrected chi connectivity index (χ3v) is 3.87. The normalized spacial score (nSPS) is 18.2. The van der Waals surface area contributed by atoms with E-state index in [1.54, 1.807) is 0 Å². The number of amides is 2. The van der Waals surface area contributed by atoms with Crippen LogP contribution < -0.4 is 0 Å². The highest BCUT2D eigenvalue weighted by Crippen LogP contribution is 2.19. The molecule has 0 spiro atoms. The molecule has 0 aliphatic carbocycles. The van der Waals surface area contributed by atoms with E-state index in [0.29, 0.717) is 19.4 Å². The maximum absolute atomic E-state index is 12.4. The summed E-state index contributed by atoms with van der Waals surface area (Å²) in [5.41, 5.74) is 2.14. The van der Waals surface area contributed by atoms with Crippen molar-refractivity contribution >= 4 is 21.5 Å². The van der Waals surface area contributed by atoms with Gasteiger partial charge in [-0.25, -0.2) is 9.69 Å². The second-order valence-electron chi connectivity index (χ2n) is 5.58. The molecule has 6 heteroatoms. The van der Waals surface area contributed by atoms with E-state index < -0.39 is 6.09 Å². The molecule has 23 heavy (non-hydrogen) atoms. The van der Waals surface area contributed by atoms with Crippen LogP contribution in [-0.4, -0.2) is 36.2 Å². The summed E-state index contributed by atoms with van der Waals surface area (Å²) in [4.78, 5) is 25.5. The monoisotopic (exact) mass is 335 g/mol. The molecule has 1 aromatic carbocycles. The Hall–Kier alpha value is -1.71. The van der Waals surface area contributed by atoms with Crippen molar-refractivity contribution in [2.75, 3.05) is 13.2 Å². The van der Waals surface area contributed by atoms with Crippen LogP contribution in [0.3, 0.4) is 0 Å². The molecular weight excluding hydrogens is 313 g/mol. The van der Waals surface area contributed by atoms with Crippen molar-refractivity contribution in [2.45, 2.75) is 32.2 Å². The predicted molar refractivity (Wildman–Crippen MR) is 90.8 cm³/mol. The lowest BCUT2D eigenvalue weighted by atomic mass is 10.1. The zero-order valence-corrected chi connectivity index (χ0v) is 14.4. The van der Waals surface area contributed by atoms with Crippen LogP contribution in [0.2, 0.25) is 0 Å². The minimum Gasteiger partial charge on any atom is -0.447 e. The van der Waals surface area contributed by atoms with E-state index in [9.17, 15) is 9.59 Å². The first kappa shape index (κ1) is 17.6. The Morgan fingerprint density at radius 1 is 1.43 bits per heavy atom. The van der Waals surface area contributed by atoms with Crippen molar-refractivity contribution in [3.63, 3.8) is 0 Å². The third-order valence-electron chi connectivity index (χ3n) is 3.71. The van der Waals surface area contributed by atoms with Gasteiger partial charge in [-0.3, -0.25) is 4.79 Å². The van der Waals surface area contributed by atoms with Crippen LogP contribution in [0.5, 0.6) is 0 Å². The van der Waals surface area contributed by atoms with E-state index in [1.165, 1.54) is 4.90 Å². The Kier molecular flexibility index (Phi) is 6.75. The summed E-state index contributed by atoms with van der Waals surface area (Å²) in [5, 5.41) is 0. The number of hydrogen-bond donors (Lipinski definition) is 0. The molecule has 0 aromatic heterocycles. The van der Waals surface area contributed by atoms with Gasteiger partial charge in [0.2, 0.25) is 5.91 Å². The summed E-state index contributed by atoms with van der Waals surface area (Å²) in [7, 11) is 2.20. The number of benzene rings is 1. The summed E-state index contributed by atoms with van der Waals surface area (Å²) in [6, 6.07) is 9.58. The molecule has 1 fully saturated rings. The Balaban J connectivity index is 1.93. The lowest BCUT2D eigenvalue weighted by Gasteiger charge is -2.19. The molecule has 1 saturated heterocycles. The van der Waals surface area contributed by atoms with Gasteiger partial charge in [-0.15, -0.1) is 0 Å². The highest BCUT2D eigenvalue weighted by molar-refractivity contribution is 7.09. The molecule has 1 aliphatic rings. The molecule has 2 atom stereocenters. The maximum Gasteiger partial charge on any atom is 0.416 e. The van der Waals surface area contributed by atoms with E-state index >= 15 is 0 Å². The topological polar surface area (TPSA) is 55.8 Å². The molecule has 0 N–H and O–H groups in total. The van der Waals surface area contributed by atoms with Gasteiger partial charge in [-0.1, -0.05) is 42.0 Å². The summed E-state index contributed by atoms with van der Waals surface area (Å²) in [5.74, 6) is -0.190. The SMILES string of the molecule is C/C(=C\CCC(=O)N1C(=O)OCC1Cc1ccccc1)COP. The average Bonchev–Trinajstić information content (AvgIpc) is 2.89. The zero-order chi connectivity index (χ0) is 16.7. The summed E-state index contributed by atoms with van der Waals surface area (Å²) in [6.07, 6.45) is 2.91. The second-order valence-corrected chi connectivity index (χ2v) is 5.92. The number of allylic oxidation sites excluding steroid dienone is 1. The van der Waals surface area contributed by atoms with Crippen LogP contribution in [0.1, 0.15) is 25.3 Å². The van der Waals surface area contributed by atoms with Crippen molar-refractivity contribution in [1.82, 2.24) is 4.90 Å². The first-order valence-corrected chi connectivity index (χ1v) is 8.09. The van der Waals surface area contributed by atoms with Gasteiger partial charge in [0.1, 0.15) is 6.61 Å². The van der Waals surface area contributed by atoms with Crippen molar-refractivity contribution in [3.05, 3.63) is 47.5 Å². The maximum atomic E-state index is 12.4. The Bertz CT molecular complexity index is 573. The fourth-order valence-electron chi connectivity index (χ4n) is 2.56. The van der Waals surface area contributed by atoms with Crippen LogP contribution in [0, 0.1) is 0 Å². The molecule has 5 nitrogen and oxygen atoms in total. The van der Waals surface area contributed by atoms with Crippen LogP contribution in [0.4, 0.5) is 4.79 Å². The quantitative estimate of drug-likeness (QED) is 0.567. The smallest absolute Gasteiger partial charge is 0.416 e. The zero-order valence-electron chi connectivity index (χ0n) is 13.2. The lowest BCUT2D eigenvalue weighted by molar-refractivity contribution is -0.129. The Labute approximate surface area is 138 Å². The third kappa shape index (κ3) is 5.15. The molecule has 2 amide bonds. The fraction of sp³-hybridized carbons (Fsp3) is 0.412. The molecule has 2 unspecified atom stereocenters. The number of nitrogens with zero attached hydrogens (tertiary/aromatic N) is 1. The van der Waals surface area contributed by atoms with E-state index in [2.05, 4.69) is 9.47 Å². The number of imide groups is 1. The summed E-state index contributed by atoms with van der Waals surface area (Å²) in [6.45, 7) is 2.72. The number of carbonyl (C=O) groups excluding carboxylic acids is 2. The first-order chi connectivity index (χ1) is 11.1. The molecular formula is C17H22NO4P. The molecule has 2 rings (SSSR count). The molecule has 124 valence electrons. The Morgan fingerprint density at radius 2 is 2.17 bits per heavy atom. The number of rotatable bonds is 7. The van der Waals surface area contributed by atoms with Crippen LogP contribution in [0.15, 0.2) is 42.0 Å². The van der Waals surface area contributed by atoms with Gasteiger partial charge in [-0.05, 0) is 25.3 Å². The highest BCUT2D eigenvalue weighted by atomic mass is 31.0. The van der Waals surface area contributed by atoms with Gasteiger partial charge in [0, 0.05) is 15.9 Å². The van der Waals surface area contributed by atoms with Crippen LogP contribution >= 0.6 is 9.47 Å². The lowest BCUT2D eigenvalue weighted by Crippen LogP contribution is -2.40. The molecule has 0 radical (unpaired) electrons. The van der Waals surface area contributed by atoms with E-state index in [1.807, 2.05) is 43.3 Å². The van der Waals surface area contributed by atoms with Crippen LogP contribution in [-0.2, 0) is 20.5 Å². The largest absolute Gasteiger partial charge is 0.447 e. The Morgan fingerprint density at radius 3 is 2.87 bits per heavy atom. The number of carbonyl (C=O) groups is 2. The minimum absolute atomic E-state index is 0.190. The van der Waals surface area contributed by atoms with E-state index in [-0.39, 0.29) is 25.0 Å². The van der Waals surface area contributed by atoms with Crippen molar-refractivity contribution in [2.24, 2.45) is 0 Å². The number of cyclic esters (lactones) is 1. The van der Waals surface area contributed by atoms with Gasteiger partial charge >= 0.3 is 6.09 Å². The van der Waals surface area contributed by atoms with Gasteiger partial charge in [0.25, 0.3) is 0 Å². The second kappa shape index (κ2) is 8.80. The highest BCUT2D eigenvalue weighted by Gasteiger charge is 2.37. The van der Waals surface area contributed by atoms with E-state index in [4.69, 9.17) is 9.26 Å². The van der Waals surface area contributed by atoms with Gasteiger partial charge in [0.05, 0.1) is 12.6 Å². The van der Waals surface area contributed by atoms with Crippen molar-refractivity contribution in [3.8, 4) is 0 Å². The minimum atomic E-state index is -0.537. The first-order valence-electron chi connectivity index (χ1n) is 7.62.